The molecule has 1 aromatic heterocycles. The molecule has 40 heavy (non-hydrogen) atoms. The summed E-state index contributed by atoms with van der Waals surface area (Å²) in [6.07, 6.45) is 7.77. The van der Waals surface area contributed by atoms with Gasteiger partial charge < -0.3 is 15.1 Å². The van der Waals surface area contributed by atoms with Gasteiger partial charge in [-0.15, -0.1) is 0 Å². The molecule has 0 spiro atoms. The summed E-state index contributed by atoms with van der Waals surface area (Å²) < 4.78 is 60.1. The summed E-state index contributed by atoms with van der Waals surface area (Å²) in [4.78, 5) is 27.4. The fourth-order valence-electron chi connectivity index (χ4n) is 4.95. The first kappa shape index (κ1) is 31.2. The van der Waals surface area contributed by atoms with E-state index in [2.05, 4.69) is 9.71 Å². The molecule has 2 fully saturated rings. The van der Waals surface area contributed by atoms with E-state index < -0.39 is 28.1 Å². The van der Waals surface area contributed by atoms with Crippen LogP contribution in [0.15, 0.2) is 41.4 Å². The lowest BCUT2D eigenvalue weighted by Crippen LogP contribution is -2.29. The van der Waals surface area contributed by atoms with Crippen LogP contribution in [-0.2, 0) is 14.8 Å². The third-order valence-electron chi connectivity index (χ3n) is 7.01. The van der Waals surface area contributed by atoms with Crippen LogP contribution in [0.25, 0.3) is 0 Å². The van der Waals surface area contributed by atoms with Gasteiger partial charge in [0.15, 0.2) is 0 Å². The smallest absolute Gasteiger partial charge is 0.478 e. The number of hydrogen-bond acceptors (Lipinski definition) is 6. The number of aromatic nitrogens is 1. The highest BCUT2D eigenvalue weighted by molar-refractivity contribution is 7.92. The third-order valence-corrected chi connectivity index (χ3v) is 8.41. The van der Waals surface area contributed by atoms with E-state index in [-0.39, 0.29) is 16.1 Å². The Morgan fingerprint density at radius 2 is 1.43 bits per heavy atom. The number of alkyl halides is 3. The minimum atomic E-state index is -5.08. The fraction of sp³-hybridized carbons (Fsp3) is 0.519. The second-order valence-electron chi connectivity index (χ2n) is 9.97. The van der Waals surface area contributed by atoms with E-state index in [1.807, 2.05) is 17.0 Å². The molecule has 2 heterocycles. The van der Waals surface area contributed by atoms with Gasteiger partial charge in [0.05, 0.1) is 16.8 Å². The zero-order valence-electron chi connectivity index (χ0n) is 22.0. The zero-order chi connectivity index (χ0) is 29.3. The molecule has 1 saturated carbocycles. The normalized spacial score (nSPS) is 17.1. The van der Waals surface area contributed by atoms with E-state index in [1.165, 1.54) is 43.5 Å². The summed E-state index contributed by atoms with van der Waals surface area (Å²) in [7, 11) is -3.85. The molecule has 0 unspecified atom stereocenters. The molecule has 0 radical (unpaired) electrons. The Labute approximate surface area is 231 Å². The SMILES string of the molecule is O=C(O)C(F)(F)F.O=C(O)c1cc(NS(=O)(=O)c2ccc(C3CCCCC3)cc2)cnc1N1CCCCCCC1. The van der Waals surface area contributed by atoms with Gasteiger partial charge in [-0.1, -0.05) is 50.7 Å². The molecule has 9 nitrogen and oxygen atoms in total. The number of pyridine rings is 1. The molecule has 13 heteroatoms. The van der Waals surface area contributed by atoms with Gasteiger partial charge in [0.1, 0.15) is 11.4 Å². The first-order chi connectivity index (χ1) is 18.9. The molecule has 1 aromatic carbocycles. The maximum absolute atomic E-state index is 12.9. The highest BCUT2D eigenvalue weighted by Crippen LogP contribution is 2.33. The van der Waals surface area contributed by atoms with Crippen LogP contribution in [-0.4, -0.2) is 54.8 Å². The number of carboxylic acid groups (broad SMARTS) is 2. The van der Waals surface area contributed by atoms with Crippen LogP contribution in [0.3, 0.4) is 0 Å². The Bertz CT molecular complexity index is 1260. The molecule has 3 N–H and O–H groups in total. The monoisotopic (exact) mass is 585 g/mol. The lowest BCUT2D eigenvalue weighted by molar-refractivity contribution is -0.192. The second kappa shape index (κ2) is 13.8. The Balaban J connectivity index is 0.000000559. The molecule has 2 aliphatic rings. The molecule has 2 aromatic rings. The third kappa shape index (κ3) is 8.83. The van der Waals surface area contributed by atoms with Crippen molar-refractivity contribution in [1.29, 1.82) is 0 Å². The average molecular weight is 586 g/mol. The van der Waals surface area contributed by atoms with Gasteiger partial charge in [0, 0.05) is 13.1 Å². The van der Waals surface area contributed by atoms with Crippen LogP contribution in [0.2, 0.25) is 0 Å². The number of nitrogens with zero attached hydrogens (tertiary/aromatic N) is 2. The number of hydrogen-bond donors (Lipinski definition) is 3. The molecular formula is C27H34F3N3O6S. The van der Waals surface area contributed by atoms with Crippen molar-refractivity contribution in [3.05, 3.63) is 47.7 Å². The van der Waals surface area contributed by atoms with Crippen LogP contribution >= 0.6 is 0 Å². The van der Waals surface area contributed by atoms with Crippen LogP contribution in [0.4, 0.5) is 24.7 Å². The first-order valence-corrected chi connectivity index (χ1v) is 14.8. The topological polar surface area (TPSA) is 137 Å². The van der Waals surface area contributed by atoms with Crippen LogP contribution in [0.1, 0.15) is 86.0 Å². The number of carbonyl (C=O) groups is 2. The minimum absolute atomic E-state index is 0.0171. The van der Waals surface area contributed by atoms with Crippen molar-refractivity contribution in [3.8, 4) is 0 Å². The van der Waals surface area contributed by atoms with E-state index in [0.29, 0.717) is 11.7 Å². The predicted octanol–water partition coefficient (Wildman–Crippen LogP) is 6.03. The van der Waals surface area contributed by atoms with Gasteiger partial charge in [-0.3, -0.25) is 4.72 Å². The molecule has 0 atom stereocenters. The Hall–Kier alpha value is -3.35. The van der Waals surface area contributed by atoms with Crippen molar-refractivity contribution in [2.75, 3.05) is 22.7 Å². The Morgan fingerprint density at radius 3 is 1.95 bits per heavy atom. The minimum Gasteiger partial charge on any atom is -0.478 e. The summed E-state index contributed by atoms with van der Waals surface area (Å²) in [6.45, 7) is 1.51. The number of sulfonamides is 1. The largest absolute Gasteiger partial charge is 0.490 e. The quantitative estimate of drug-likeness (QED) is 0.374. The first-order valence-electron chi connectivity index (χ1n) is 13.3. The second-order valence-corrected chi connectivity index (χ2v) is 11.6. The average Bonchev–Trinajstić information content (AvgIpc) is 2.89. The molecule has 1 aliphatic heterocycles. The maximum Gasteiger partial charge on any atom is 0.490 e. The van der Waals surface area contributed by atoms with E-state index in [0.717, 1.165) is 51.6 Å². The molecule has 1 saturated heterocycles. The van der Waals surface area contributed by atoms with E-state index in [4.69, 9.17) is 9.90 Å². The van der Waals surface area contributed by atoms with Crippen molar-refractivity contribution < 1.29 is 41.4 Å². The lowest BCUT2D eigenvalue weighted by Gasteiger charge is -2.27. The highest BCUT2D eigenvalue weighted by Gasteiger charge is 2.38. The van der Waals surface area contributed by atoms with Gasteiger partial charge in [-0.2, -0.15) is 13.2 Å². The van der Waals surface area contributed by atoms with E-state index in [1.54, 1.807) is 12.1 Å². The van der Waals surface area contributed by atoms with Crippen LogP contribution < -0.4 is 9.62 Å². The van der Waals surface area contributed by atoms with Crippen molar-refractivity contribution in [2.24, 2.45) is 0 Å². The van der Waals surface area contributed by atoms with Gasteiger partial charge >= 0.3 is 18.1 Å². The van der Waals surface area contributed by atoms with E-state index in [9.17, 15) is 31.5 Å². The van der Waals surface area contributed by atoms with E-state index >= 15 is 0 Å². The lowest BCUT2D eigenvalue weighted by atomic mass is 9.84. The number of rotatable bonds is 6. The fourth-order valence-corrected chi connectivity index (χ4v) is 5.99. The van der Waals surface area contributed by atoms with Gasteiger partial charge in [-0.05, 0) is 55.4 Å². The van der Waals surface area contributed by atoms with Crippen molar-refractivity contribution in [1.82, 2.24) is 4.98 Å². The highest BCUT2D eigenvalue weighted by atomic mass is 32.2. The van der Waals surface area contributed by atoms with Gasteiger partial charge in [0.2, 0.25) is 0 Å². The standard InChI is InChI=1S/C25H33N3O4S.C2HF3O2/c29-25(30)23-17-21(18-26-24(23)28-15-7-2-1-3-8-16-28)27-33(31,32)22-13-11-20(12-14-22)19-9-5-4-6-10-19;3-2(4,5)1(6)7/h11-14,17-19,27H,1-10,15-16H2,(H,29,30);(H,6,7). The summed E-state index contributed by atoms with van der Waals surface area (Å²) in [5.41, 5.74) is 1.35. The number of nitrogens with one attached hydrogen (secondary N) is 1. The predicted molar refractivity (Wildman–Crippen MR) is 143 cm³/mol. The molecule has 0 amide bonds. The van der Waals surface area contributed by atoms with Gasteiger partial charge in [0.25, 0.3) is 10.0 Å². The van der Waals surface area contributed by atoms with Gasteiger partial charge in [-0.25, -0.2) is 23.0 Å². The van der Waals surface area contributed by atoms with Crippen molar-refractivity contribution in [3.63, 3.8) is 0 Å². The number of benzene rings is 1. The number of anilines is 2. The number of aliphatic carboxylic acids is 1. The summed E-state index contributed by atoms with van der Waals surface area (Å²) in [5, 5.41) is 16.9. The molecule has 0 bridgehead atoms. The molecule has 1 aliphatic carbocycles. The number of halogens is 3. The van der Waals surface area contributed by atoms with Crippen molar-refractivity contribution >= 4 is 33.5 Å². The van der Waals surface area contributed by atoms with Crippen molar-refractivity contribution in [2.45, 2.75) is 81.2 Å². The molecular weight excluding hydrogens is 551 g/mol. The molecule has 4 rings (SSSR count). The zero-order valence-corrected chi connectivity index (χ0v) is 22.8. The Morgan fingerprint density at radius 1 is 0.900 bits per heavy atom. The maximum atomic E-state index is 12.9. The summed E-state index contributed by atoms with van der Waals surface area (Å²) in [5.74, 6) is -2.96. The Kier molecular flexibility index (Phi) is 10.8. The van der Waals surface area contributed by atoms with Crippen LogP contribution in [0.5, 0.6) is 0 Å². The summed E-state index contributed by atoms with van der Waals surface area (Å²) in [6, 6.07) is 8.43. The molecule has 220 valence electrons. The number of aromatic carboxylic acids is 1. The summed E-state index contributed by atoms with van der Waals surface area (Å²) >= 11 is 0. The number of carboxylic acids is 2. The van der Waals surface area contributed by atoms with Crippen LogP contribution in [0, 0.1) is 0 Å².